The Labute approximate surface area is 54.5 Å². The van der Waals surface area contributed by atoms with Crippen LogP contribution in [0.3, 0.4) is 0 Å². The van der Waals surface area contributed by atoms with E-state index in [-0.39, 0.29) is 5.70 Å². The molecule has 3 heteroatoms. The van der Waals surface area contributed by atoms with E-state index in [0.717, 1.165) is 6.08 Å². The number of esters is 1. The first-order valence-electron chi connectivity index (χ1n) is 2.73. The fourth-order valence-corrected chi connectivity index (χ4v) is 0.361. The number of hydrogen-bond donors (Lipinski definition) is 0. The predicted molar refractivity (Wildman–Crippen MR) is 33.5 cm³/mol. The molecule has 0 aromatic rings. The molecule has 0 unspecified atom stereocenters. The van der Waals surface area contributed by atoms with Crippen molar-refractivity contribution >= 4 is 5.97 Å². The Balaban J connectivity index is 3.63. The predicted octanol–water partition coefficient (Wildman–Crippen LogP) is 0.736. The number of hydrogen-bond acceptors (Lipinski definition) is 2. The van der Waals surface area contributed by atoms with Gasteiger partial charge in [0, 0.05) is 11.8 Å². The number of carbonyl (C=O) groups excluding carboxylic acids is 1. The minimum Gasteiger partial charge on any atom is -0.463 e. The average Bonchev–Trinajstić information content (AvgIpc) is 1.63. The summed E-state index contributed by atoms with van der Waals surface area (Å²) in [5.41, 5.74) is 7.06. The molecule has 0 aliphatic rings. The molecule has 9 heavy (non-hydrogen) atoms. The lowest BCUT2D eigenvalue weighted by Gasteiger charge is -1.93. The summed E-state index contributed by atoms with van der Waals surface area (Å²) in [5, 5.41) is 0. The van der Waals surface area contributed by atoms with E-state index < -0.39 is 5.97 Å². The largest absolute Gasteiger partial charge is 0.463 e. The minimum absolute atomic E-state index is 0.216. The standard InChI is InChI=1S/C6H10NO2/c1-3-9-6(8)4-5(2)7/h4,7H,3H2,1-2H3. The molecule has 0 aliphatic carbocycles. The summed E-state index contributed by atoms with van der Waals surface area (Å²) < 4.78 is 4.52. The Kier molecular flexibility index (Phi) is 3.51. The maximum Gasteiger partial charge on any atom is 0.332 e. The van der Waals surface area contributed by atoms with Gasteiger partial charge in [0.05, 0.1) is 6.61 Å². The second-order valence-electron chi connectivity index (χ2n) is 1.58. The molecule has 0 aromatic carbocycles. The lowest BCUT2D eigenvalue weighted by atomic mass is 10.4. The molecular weight excluding hydrogens is 118 g/mol. The maximum atomic E-state index is 10.4. The van der Waals surface area contributed by atoms with E-state index in [1.807, 2.05) is 0 Å². The van der Waals surface area contributed by atoms with Crippen molar-refractivity contribution in [1.29, 1.82) is 0 Å². The van der Waals surface area contributed by atoms with Crippen LogP contribution in [0.2, 0.25) is 0 Å². The molecule has 0 aromatic heterocycles. The molecule has 0 fully saturated rings. The summed E-state index contributed by atoms with van der Waals surface area (Å²) >= 11 is 0. The lowest BCUT2D eigenvalue weighted by Crippen LogP contribution is -2.00. The summed E-state index contributed by atoms with van der Waals surface area (Å²) in [4.78, 5) is 10.4. The first-order chi connectivity index (χ1) is 4.16. The van der Waals surface area contributed by atoms with Crippen LogP contribution in [0, 0.1) is 0 Å². The zero-order valence-electron chi connectivity index (χ0n) is 5.60. The van der Waals surface area contributed by atoms with Gasteiger partial charge < -0.3 is 10.5 Å². The number of nitrogens with one attached hydrogen (secondary N) is 1. The van der Waals surface area contributed by atoms with Gasteiger partial charge in [-0.05, 0) is 13.8 Å². The molecule has 0 amide bonds. The highest BCUT2D eigenvalue weighted by molar-refractivity contribution is 5.82. The molecule has 3 nitrogen and oxygen atoms in total. The van der Waals surface area contributed by atoms with E-state index in [1.54, 1.807) is 6.92 Å². The van der Waals surface area contributed by atoms with Gasteiger partial charge in [-0.3, -0.25) is 0 Å². The molecule has 0 spiro atoms. The lowest BCUT2D eigenvalue weighted by molar-refractivity contribution is -0.137. The summed E-state index contributed by atoms with van der Waals surface area (Å²) in [6.45, 7) is 3.62. The zero-order valence-corrected chi connectivity index (χ0v) is 5.60. The summed E-state index contributed by atoms with van der Waals surface area (Å²) in [6.07, 6.45) is 1.14. The van der Waals surface area contributed by atoms with Crippen LogP contribution < -0.4 is 5.73 Å². The van der Waals surface area contributed by atoms with Gasteiger partial charge in [-0.25, -0.2) is 4.79 Å². The van der Waals surface area contributed by atoms with Gasteiger partial charge in [0.15, 0.2) is 0 Å². The molecule has 0 bridgehead atoms. The van der Waals surface area contributed by atoms with E-state index >= 15 is 0 Å². The number of rotatable bonds is 2. The first kappa shape index (κ1) is 8.01. The van der Waals surface area contributed by atoms with Gasteiger partial charge in [-0.2, -0.15) is 0 Å². The minimum atomic E-state index is -0.440. The van der Waals surface area contributed by atoms with E-state index in [1.165, 1.54) is 6.92 Å². The molecule has 0 atom stereocenters. The van der Waals surface area contributed by atoms with Crippen LogP contribution in [0.1, 0.15) is 13.8 Å². The summed E-state index contributed by atoms with van der Waals surface area (Å²) in [7, 11) is 0. The van der Waals surface area contributed by atoms with E-state index in [2.05, 4.69) is 4.74 Å². The normalized spacial score (nSPS) is 11.1. The quantitative estimate of drug-likeness (QED) is 0.406. The molecule has 1 radical (unpaired) electrons. The molecule has 51 valence electrons. The van der Waals surface area contributed by atoms with Crippen molar-refractivity contribution in [3.63, 3.8) is 0 Å². The van der Waals surface area contributed by atoms with Gasteiger partial charge >= 0.3 is 5.97 Å². The third-order valence-electron chi connectivity index (χ3n) is 0.621. The van der Waals surface area contributed by atoms with Crippen LogP contribution in [0.25, 0.3) is 0 Å². The first-order valence-corrected chi connectivity index (χ1v) is 2.73. The van der Waals surface area contributed by atoms with Crippen LogP contribution >= 0.6 is 0 Å². The van der Waals surface area contributed by atoms with E-state index in [9.17, 15) is 4.79 Å². The smallest absolute Gasteiger partial charge is 0.332 e. The Morgan fingerprint density at radius 3 is 2.67 bits per heavy atom. The average molecular weight is 128 g/mol. The Morgan fingerprint density at radius 1 is 1.78 bits per heavy atom. The van der Waals surface area contributed by atoms with Crippen LogP contribution in [0.15, 0.2) is 11.8 Å². The molecule has 0 heterocycles. The molecule has 0 rings (SSSR count). The zero-order chi connectivity index (χ0) is 7.28. The van der Waals surface area contributed by atoms with Crippen molar-refractivity contribution in [2.45, 2.75) is 13.8 Å². The highest BCUT2D eigenvalue weighted by Crippen LogP contribution is 1.85. The van der Waals surface area contributed by atoms with E-state index in [4.69, 9.17) is 5.73 Å². The van der Waals surface area contributed by atoms with Crippen molar-refractivity contribution in [1.82, 2.24) is 5.73 Å². The molecule has 1 N–H and O–H groups in total. The number of allylic oxidation sites excluding steroid dienone is 1. The summed E-state index contributed by atoms with van der Waals surface area (Å²) in [6, 6.07) is 0. The second-order valence-corrected chi connectivity index (χ2v) is 1.58. The second kappa shape index (κ2) is 3.95. The van der Waals surface area contributed by atoms with Crippen molar-refractivity contribution in [2.75, 3.05) is 6.61 Å². The molecular formula is C6H10NO2. The van der Waals surface area contributed by atoms with Crippen molar-refractivity contribution < 1.29 is 9.53 Å². The molecule has 0 aliphatic heterocycles. The molecule has 0 saturated heterocycles. The van der Waals surface area contributed by atoms with Crippen molar-refractivity contribution in [3.05, 3.63) is 11.8 Å². The topological polar surface area (TPSA) is 50.1 Å². The van der Waals surface area contributed by atoms with Gasteiger partial charge in [-0.1, -0.05) is 0 Å². The van der Waals surface area contributed by atoms with Gasteiger partial charge in [0.25, 0.3) is 0 Å². The SMILES string of the molecule is CCOC(=O)C=C(C)[NH]. The monoisotopic (exact) mass is 128 g/mol. The highest BCUT2D eigenvalue weighted by atomic mass is 16.5. The van der Waals surface area contributed by atoms with Crippen LogP contribution in [-0.2, 0) is 9.53 Å². The third kappa shape index (κ3) is 4.87. The number of ether oxygens (including phenoxy) is 1. The van der Waals surface area contributed by atoms with Crippen LogP contribution in [-0.4, -0.2) is 12.6 Å². The molecule has 0 saturated carbocycles. The van der Waals surface area contributed by atoms with Gasteiger partial charge in [0.2, 0.25) is 0 Å². The van der Waals surface area contributed by atoms with Crippen LogP contribution in [0.4, 0.5) is 0 Å². The van der Waals surface area contributed by atoms with Crippen LogP contribution in [0.5, 0.6) is 0 Å². The Morgan fingerprint density at radius 2 is 2.33 bits per heavy atom. The fraction of sp³-hybridized carbons (Fsp3) is 0.500. The third-order valence-corrected chi connectivity index (χ3v) is 0.621. The highest BCUT2D eigenvalue weighted by Gasteiger charge is 1.93. The van der Waals surface area contributed by atoms with Gasteiger partial charge in [0.1, 0.15) is 0 Å². The maximum absolute atomic E-state index is 10.4. The van der Waals surface area contributed by atoms with Gasteiger partial charge in [-0.15, -0.1) is 0 Å². The van der Waals surface area contributed by atoms with E-state index in [0.29, 0.717) is 6.61 Å². The fourth-order valence-electron chi connectivity index (χ4n) is 0.361. The van der Waals surface area contributed by atoms with Crippen molar-refractivity contribution in [2.24, 2.45) is 0 Å². The summed E-state index contributed by atoms with van der Waals surface area (Å²) in [5.74, 6) is -0.440. The Hall–Kier alpha value is -0.990. The van der Waals surface area contributed by atoms with Crippen molar-refractivity contribution in [3.8, 4) is 0 Å². The number of carbonyl (C=O) groups is 1. The Bertz CT molecular complexity index is 125.